The molecule has 1 aromatic heterocycles. The smallest absolute Gasteiger partial charge is 0.407 e. The highest BCUT2D eigenvalue weighted by Crippen LogP contribution is 2.38. The lowest BCUT2D eigenvalue weighted by atomic mass is 9.85. The molecule has 3 aromatic rings. The molecule has 0 radical (unpaired) electrons. The highest BCUT2D eigenvalue weighted by atomic mass is 19.1. The minimum atomic E-state index is -0.915. The van der Waals surface area contributed by atoms with Crippen LogP contribution in [0, 0.1) is 5.82 Å². The van der Waals surface area contributed by atoms with E-state index in [9.17, 15) is 14.0 Å². The zero-order valence-electron chi connectivity index (χ0n) is 20.4. The minimum absolute atomic E-state index is 0.295. The molecule has 1 aliphatic rings. The van der Waals surface area contributed by atoms with Gasteiger partial charge in [-0.05, 0) is 55.7 Å². The third kappa shape index (κ3) is 5.24. The van der Waals surface area contributed by atoms with Crippen molar-refractivity contribution in [3.8, 4) is 5.75 Å². The molecule has 0 spiro atoms. The molecule has 2 heterocycles. The number of halogens is 1. The Labute approximate surface area is 203 Å². The Morgan fingerprint density at radius 2 is 1.91 bits per heavy atom. The number of fused-ring (bicyclic) bond motifs is 2. The first-order valence-corrected chi connectivity index (χ1v) is 11.6. The van der Waals surface area contributed by atoms with Crippen LogP contribution < -0.4 is 15.7 Å². The number of carbonyl (C=O) groups excluding carboxylic acids is 1. The molecule has 1 aliphatic heterocycles. The van der Waals surface area contributed by atoms with Gasteiger partial charge in [0.2, 0.25) is 0 Å². The van der Waals surface area contributed by atoms with E-state index >= 15 is 0 Å². The van der Waals surface area contributed by atoms with Gasteiger partial charge in [0.05, 0.1) is 0 Å². The first-order chi connectivity index (χ1) is 16.5. The Bertz CT molecular complexity index is 1320. The molecule has 0 aliphatic carbocycles. The number of carbonyl (C=O) groups is 1. The summed E-state index contributed by atoms with van der Waals surface area (Å²) in [6, 6.07) is 11.7. The molecular formula is C28H30FNO5. The maximum absolute atomic E-state index is 13.0. The van der Waals surface area contributed by atoms with E-state index in [4.69, 9.17) is 13.9 Å². The standard InChI is InChI=1S/C28H30FNO5/c1-6-27(2,3)21-14-18-13-19-15-24(33-22(19)16-23(18)34-25(21)31)28(4,5)35-26(32)30-12-11-17-7-9-20(29)10-8-17/h6-10,13-14,16,24H,1,11-12,15H2,2-5H3,(H,30,32)/t24-/m1/s1. The van der Waals surface area contributed by atoms with Crippen molar-refractivity contribution >= 4 is 17.1 Å². The molecule has 0 saturated heterocycles. The monoisotopic (exact) mass is 479 g/mol. The van der Waals surface area contributed by atoms with Crippen molar-refractivity contribution in [2.24, 2.45) is 0 Å². The van der Waals surface area contributed by atoms with Crippen LogP contribution in [0.2, 0.25) is 0 Å². The van der Waals surface area contributed by atoms with Crippen LogP contribution in [0.15, 0.2) is 64.3 Å². The van der Waals surface area contributed by atoms with Crippen LogP contribution >= 0.6 is 0 Å². The molecule has 184 valence electrons. The van der Waals surface area contributed by atoms with E-state index in [0.717, 1.165) is 16.5 Å². The van der Waals surface area contributed by atoms with E-state index in [0.29, 0.717) is 36.3 Å². The normalized spacial score (nSPS) is 15.4. The Hall–Kier alpha value is -3.61. The second-order valence-electron chi connectivity index (χ2n) is 9.98. The molecule has 1 N–H and O–H groups in total. The summed E-state index contributed by atoms with van der Waals surface area (Å²) in [5.41, 5.74) is 1.00. The largest absolute Gasteiger partial charge is 0.485 e. The topological polar surface area (TPSA) is 77.8 Å². The highest BCUT2D eigenvalue weighted by molar-refractivity contribution is 5.81. The van der Waals surface area contributed by atoms with Crippen LogP contribution in [0.5, 0.6) is 5.75 Å². The van der Waals surface area contributed by atoms with Crippen LogP contribution in [0.3, 0.4) is 0 Å². The van der Waals surface area contributed by atoms with Crippen molar-refractivity contribution in [2.75, 3.05) is 6.54 Å². The highest BCUT2D eigenvalue weighted by Gasteiger charge is 2.40. The van der Waals surface area contributed by atoms with Gasteiger partial charge in [0.25, 0.3) is 0 Å². The number of hydrogen-bond donors (Lipinski definition) is 1. The van der Waals surface area contributed by atoms with Gasteiger partial charge in [0.1, 0.15) is 28.9 Å². The van der Waals surface area contributed by atoms with Gasteiger partial charge in [-0.15, -0.1) is 6.58 Å². The maximum Gasteiger partial charge on any atom is 0.407 e. The molecule has 0 saturated carbocycles. The number of nitrogens with one attached hydrogen (secondary N) is 1. The first-order valence-electron chi connectivity index (χ1n) is 11.6. The van der Waals surface area contributed by atoms with Crippen molar-refractivity contribution in [3.63, 3.8) is 0 Å². The van der Waals surface area contributed by atoms with E-state index < -0.39 is 28.8 Å². The molecule has 4 rings (SSSR count). The fourth-order valence-electron chi connectivity index (χ4n) is 4.11. The predicted molar refractivity (Wildman–Crippen MR) is 132 cm³/mol. The fraction of sp³-hybridized carbons (Fsp3) is 0.357. The van der Waals surface area contributed by atoms with Gasteiger partial charge in [-0.25, -0.2) is 14.0 Å². The molecule has 2 aromatic carbocycles. The molecule has 7 heteroatoms. The van der Waals surface area contributed by atoms with E-state index in [-0.39, 0.29) is 5.82 Å². The second-order valence-corrected chi connectivity index (χ2v) is 9.98. The van der Waals surface area contributed by atoms with Crippen LogP contribution in [-0.2, 0) is 23.0 Å². The number of benzene rings is 2. The Morgan fingerprint density at radius 3 is 2.60 bits per heavy atom. The zero-order chi connectivity index (χ0) is 25.4. The summed E-state index contributed by atoms with van der Waals surface area (Å²) in [6.07, 6.45) is 1.86. The SMILES string of the molecule is C=CC(C)(C)c1cc2cc3c(cc2oc1=O)O[C@@H](C(C)(C)OC(=O)NCCc1ccc(F)cc1)C3. The van der Waals surface area contributed by atoms with E-state index in [1.54, 1.807) is 38.1 Å². The lowest BCUT2D eigenvalue weighted by molar-refractivity contribution is -0.0367. The van der Waals surface area contributed by atoms with E-state index in [1.165, 1.54) is 12.1 Å². The summed E-state index contributed by atoms with van der Waals surface area (Å²) in [4.78, 5) is 25.0. The number of allylic oxidation sites excluding steroid dienone is 1. The zero-order valence-corrected chi connectivity index (χ0v) is 20.4. The molecule has 6 nitrogen and oxygen atoms in total. The summed E-state index contributed by atoms with van der Waals surface area (Å²) in [5.74, 6) is 0.311. The van der Waals surface area contributed by atoms with Crippen LogP contribution in [0.4, 0.5) is 9.18 Å². The van der Waals surface area contributed by atoms with Gasteiger partial charge in [-0.2, -0.15) is 0 Å². The second kappa shape index (κ2) is 9.21. The molecule has 35 heavy (non-hydrogen) atoms. The van der Waals surface area contributed by atoms with Crippen LogP contribution in [0.25, 0.3) is 11.0 Å². The van der Waals surface area contributed by atoms with Crippen molar-refractivity contribution < 1.29 is 23.1 Å². The van der Waals surface area contributed by atoms with Crippen LogP contribution in [0.1, 0.15) is 44.4 Å². The average Bonchev–Trinajstić information content (AvgIpc) is 3.22. The number of amides is 1. The number of alkyl carbamates (subject to hydrolysis) is 1. The lowest BCUT2D eigenvalue weighted by Crippen LogP contribution is -2.46. The van der Waals surface area contributed by atoms with Crippen molar-refractivity contribution in [2.45, 2.75) is 57.7 Å². The van der Waals surface area contributed by atoms with Crippen molar-refractivity contribution in [1.82, 2.24) is 5.32 Å². The van der Waals surface area contributed by atoms with Crippen LogP contribution in [-0.4, -0.2) is 24.3 Å². The Kier molecular flexibility index (Phi) is 6.45. The molecule has 0 unspecified atom stereocenters. The van der Waals surface area contributed by atoms with Gasteiger partial charge in [0.15, 0.2) is 0 Å². The summed E-state index contributed by atoms with van der Waals surface area (Å²) < 4.78 is 30.4. The summed E-state index contributed by atoms with van der Waals surface area (Å²) in [6.45, 7) is 11.6. The van der Waals surface area contributed by atoms with E-state index in [1.807, 2.05) is 26.0 Å². The lowest BCUT2D eigenvalue weighted by Gasteiger charge is -2.30. The summed E-state index contributed by atoms with van der Waals surface area (Å²) in [7, 11) is 0. The van der Waals surface area contributed by atoms with Crippen molar-refractivity contribution in [3.05, 3.63) is 88.0 Å². The third-order valence-electron chi connectivity index (χ3n) is 6.52. The van der Waals surface area contributed by atoms with Gasteiger partial charge in [-0.1, -0.05) is 32.1 Å². The maximum atomic E-state index is 13.0. The molecule has 1 amide bonds. The quantitative estimate of drug-likeness (QED) is 0.360. The summed E-state index contributed by atoms with van der Waals surface area (Å²) >= 11 is 0. The number of hydrogen-bond acceptors (Lipinski definition) is 5. The predicted octanol–water partition coefficient (Wildman–Crippen LogP) is 5.45. The Morgan fingerprint density at radius 1 is 1.20 bits per heavy atom. The molecule has 1 atom stereocenters. The number of rotatable bonds is 7. The molecule has 0 bridgehead atoms. The van der Waals surface area contributed by atoms with Gasteiger partial charge < -0.3 is 19.2 Å². The summed E-state index contributed by atoms with van der Waals surface area (Å²) in [5, 5.41) is 3.54. The third-order valence-corrected chi connectivity index (χ3v) is 6.52. The Balaban J connectivity index is 1.43. The molecule has 0 fully saturated rings. The van der Waals surface area contributed by atoms with Gasteiger partial charge in [-0.3, -0.25) is 0 Å². The minimum Gasteiger partial charge on any atom is -0.485 e. The van der Waals surface area contributed by atoms with E-state index in [2.05, 4.69) is 11.9 Å². The fourth-order valence-corrected chi connectivity index (χ4v) is 4.11. The first kappa shape index (κ1) is 24.5. The number of ether oxygens (including phenoxy) is 2. The molecular weight excluding hydrogens is 449 g/mol. The van der Waals surface area contributed by atoms with Crippen molar-refractivity contribution in [1.29, 1.82) is 0 Å². The van der Waals surface area contributed by atoms with Gasteiger partial charge >= 0.3 is 11.7 Å². The average molecular weight is 480 g/mol. The van der Waals surface area contributed by atoms with Gasteiger partial charge in [0, 0.05) is 35.4 Å².